The number of phenolic OH excluding ortho intramolecular Hbond substituents is 1. The van der Waals surface area contributed by atoms with Crippen molar-refractivity contribution >= 4 is 17.9 Å². The molecular formula is C8H7ClO3. The molecule has 1 aromatic rings. The third-order valence-corrected chi connectivity index (χ3v) is 1.79. The highest BCUT2D eigenvalue weighted by atomic mass is 35.5. The number of methoxy groups -OCH3 is 1. The number of phenols is 1. The Bertz CT molecular complexity index is 309. The number of benzene rings is 1. The first-order chi connectivity index (χ1) is 5.70. The van der Waals surface area contributed by atoms with Gasteiger partial charge in [-0.1, -0.05) is 11.6 Å². The lowest BCUT2D eigenvalue weighted by Gasteiger charge is -2.05. The summed E-state index contributed by atoms with van der Waals surface area (Å²) in [5.41, 5.74) is 0.0519. The highest BCUT2D eigenvalue weighted by Crippen LogP contribution is 2.33. The summed E-state index contributed by atoms with van der Waals surface area (Å²) in [6.07, 6.45) is 0.486. The molecule has 4 heteroatoms. The van der Waals surface area contributed by atoms with Gasteiger partial charge in [0.05, 0.1) is 17.7 Å². The first-order valence-electron chi connectivity index (χ1n) is 3.21. The molecule has 0 atom stereocenters. The molecule has 12 heavy (non-hydrogen) atoms. The molecule has 0 amide bonds. The maximum Gasteiger partial charge on any atom is 0.169 e. The quantitative estimate of drug-likeness (QED) is 0.718. The number of hydrogen-bond acceptors (Lipinski definition) is 3. The van der Waals surface area contributed by atoms with Crippen molar-refractivity contribution < 1.29 is 14.6 Å². The maximum atomic E-state index is 10.4. The van der Waals surface area contributed by atoms with E-state index in [1.807, 2.05) is 0 Å². The number of aromatic hydroxyl groups is 1. The van der Waals surface area contributed by atoms with Crippen LogP contribution in [-0.4, -0.2) is 18.5 Å². The molecule has 0 aliphatic rings. The van der Waals surface area contributed by atoms with Crippen molar-refractivity contribution in [3.63, 3.8) is 0 Å². The van der Waals surface area contributed by atoms with Crippen LogP contribution in [0.4, 0.5) is 0 Å². The van der Waals surface area contributed by atoms with Gasteiger partial charge in [-0.3, -0.25) is 4.79 Å². The molecule has 0 spiro atoms. The largest absolute Gasteiger partial charge is 0.504 e. The molecule has 0 saturated carbocycles. The van der Waals surface area contributed by atoms with E-state index in [2.05, 4.69) is 0 Å². The molecule has 1 rings (SSSR count). The molecule has 0 saturated heterocycles. The summed E-state index contributed by atoms with van der Waals surface area (Å²) in [6, 6.07) is 2.98. The fourth-order valence-electron chi connectivity index (χ4n) is 0.840. The number of ether oxygens (including phenoxy) is 1. The van der Waals surface area contributed by atoms with E-state index in [1.165, 1.54) is 19.2 Å². The van der Waals surface area contributed by atoms with E-state index in [0.717, 1.165) is 0 Å². The van der Waals surface area contributed by atoms with Crippen LogP contribution in [0.2, 0.25) is 5.02 Å². The summed E-state index contributed by atoms with van der Waals surface area (Å²) >= 11 is 5.61. The Kier molecular flexibility index (Phi) is 2.55. The standard InChI is InChI=1S/C8H7ClO3/c1-12-7-3-2-6(9)5(4-10)8(7)11/h2-4,11H,1H3. The minimum Gasteiger partial charge on any atom is -0.504 e. The van der Waals surface area contributed by atoms with Crippen molar-refractivity contribution in [3.8, 4) is 11.5 Å². The molecule has 0 radical (unpaired) electrons. The van der Waals surface area contributed by atoms with Crippen LogP contribution in [0.5, 0.6) is 11.5 Å². The molecule has 0 unspecified atom stereocenters. The van der Waals surface area contributed by atoms with E-state index in [1.54, 1.807) is 0 Å². The Morgan fingerprint density at radius 2 is 2.25 bits per heavy atom. The molecule has 3 nitrogen and oxygen atoms in total. The topological polar surface area (TPSA) is 46.5 Å². The molecule has 0 aliphatic heterocycles. The second-order valence-corrected chi connectivity index (χ2v) is 2.54. The average molecular weight is 187 g/mol. The van der Waals surface area contributed by atoms with Crippen LogP contribution in [0.25, 0.3) is 0 Å². The van der Waals surface area contributed by atoms with Gasteiger partial charge in [-0.25, -0.2) is 0 Å². The molecule has 0 aliphatic carbocycles. The zero-order chi connectivity index (χ0) is 9.14. The summed E-state index contributed by atoms with van der Waals surface area (Å²) in [4.78, 5) is 10.4. The van der Waals surface area contributed by atoms with Gasteiger partial charge >= 0.3 is 0 Å². The van der Waals surface area contributed by atoms with E-state index in [0.29, 0.717) is 6.29 Å². The second kappa shape index (κ2) is 3.45. The highest BCUT2D eigenvalue weighted by molar-refractivity contribution is 6.33. The lowest BCUT2D eigenvalue weighted by Crippen LogP contribution is -1.88. The summed E-state index contributed by atoms with van der Waals surface area (Å²) in [6.45, 7) is 0. The van der Waals surface area contributed by atoms with Crippen molar-refractivity contribution in [2.45, 2.75) is 0 Å². The average Bonchev–Trinajstić information content (AvgIpc) is 2.06. The number of rotatable bonds is 2. The third-order valence-electron chi connectivity index (χ3n) is 1.46. The molecule has 0 bridgehead atoms. The van der Waals surface area contributed by atoms with Gasteiger partial charge in [0.15, 0.2) is 17.8 Å². The van der Waals surface area contributed by atoms with Gasteiger partial charge in [-0.2, -0.15) is 0 Å². The number of carbonyl (C=O) groups is 1. The first-order valence-corrected chi connectivity index (χ1v) is 3.59. The van der Waals surface area contributed by atoms with Crippen LogP contribution in [0.3, 0.4) is 0 Å². The number of hydrogen-bond donors (Lipinski definition) is 1. The Morgan fingerprint density at radius 1 is 1.58 bits per heavy atom. The van der Waals surface area contributed by atoms with E-state index in [9.17, 15) is 9.90 Å². The van der Waals surface area contributed by atoms with Crippen LogP contribution in [0.1, 0.15) is 10.4 Å². The predicted molar refractivity (Wildman–Crippen MR) is 45.1 cm³/mol. The van der Waals surface area contributed by atoms with Crippen LogP contribution >= 0.6 is 11.6 Å². The van der Waals surface area contributed by atoms with Gasteiger partial charge in [0.1, 0.15) is 0 Å². The van der Waals surface area contributed by atoms with Crippen LogP contribution in [0, 0.1) is 0 Å². The minimum atomic E-state index is -0.222. The van der Waals surface area contributed by atoms with Gasteiger partial charge in [-0.15, -0.1) is 0 Å². The van der Waals surface area contributed by atoms with E-state index in [-0.39, 0.29) is 22.1 Å². The van der Waals surface area contributed by atoms with Crippen molar-refractivity contribution in [1.82, 2.24) is 0 Å². The fraction of sp³-hybridized carbons (Fsp3) is 0.125. The van der Waals surface area contributed by atoms with Crippen LogP contribution in [0.15, 0.2) is 12.1 Å². The summed E-state index contributed by atoms with van der Waals surface area (Å²) in [5.74, 6) is 0.0153. The predicted octanol–water partition coefficient (Wildman–Crippen LogP) is 1.87. The fourth-order valence-corrected chi connectivity index (χ4v) is 1.04. The number of aldehydes is 1. The van der Waals surface area contributed by atoms with Crippen molar-refractivity contribution in [2.24, 2.45) is 0 Å². The van der Waals surface area contributed by atoms with Gasteiger partial charge in [-0.05, 0) is 12.1 Å². The maximum absolute atomic E-state index is 10.4. The van der Waals surface area contributed by atoms with Gasteiger partial charge in [0, 0.05) is 0 Å². The third kappa shape index (κ3) is 1.36. The highest BCUT2D eigenvalue weighted by Gasteiger charge is 2.10. The molecule has 0 heterocycles. The molecule has 64 valence electrons. The monoisotopic (exact) mass is 186 g/mol. The van der Waals surface area contributed by atoms with Crippen LogP contribution in [-0.2, 0) is 0 Å². The first kappa shape index (κ1) is 8.87. The minimum absolute atomic E-state index is 0.0519. The zero-order valence-corrected chi connectivity index (χ0v) is 7.13. The van der Waals surface area contributed by atoms with Gasteiger partial charge in [0.25, 0.3) is 0 Å². The smallest absolute Gasteiger partial charge is 0.169 e. The van der Waals surface area contributed by atoms with Gasteiger partial charge in [0.2, 0.25) is 0 Å². The summed E-state index contributed by atoms with van der Waals surface area (Å²) < 4.78 is 4.77. The van der Waals surface area contributed by atoms with E-state index in [4.69, 9.17) is 16.3 Å². The lowest BCUT2D eigenvalue weighted by atomic mass is 10.2. The van der Waals surface area contributed by atoms with E-state index < -0.39 is 0 Å². The van der Waals surface area contributed by atoms with Crippen molar-refractivity contribution in [2.75, 3.05) is 7.11 Å². The Hall–Kier alpha value is -1.22. The number of carbonyl (C=O) groups excluding carboxylic acids is 1. The normalized spacial score (nSPS) is 9.50. The molecule has 0 aromatic heterocycles. The summed E-state index contributed by atoms with van der Waals surface area (Å²) in [5, 5.41) is 9.54. The SMILES string of the molecule is COc1ccc(Cl)c(C=O)c1O. The van der Waals surface area contributed by atoms with Crippen molar-refractivity contribution in [3.05, 3.63) is 22.7 Å². The summed E-state index contributed by atoms with van der Waals surface area (Å²) in [7, 11) is 1.40. The number of halogens is 1. The van der Waals surface area contributed by atoms with Crippen molar-refractivity contribution in [1.29, 1.82) is 0 Å². The zero-order valence-electron chi connectivity index (χ0n) is 6.37. The molecule has 1 N–H and O–H groups in total. The van der Waals surface area contributed by atoms with Crippen LogP contribution < -0.4 is 4.74 Å². The Morgan fingerprint density at radius 3 is 2.75 bits per heavy atom. The molecule has 1 aromatic carbocycles. The lowest BCUT2D eigenvalue weighted by molar-refractivity contribution is 0.112. The second-order valence-electron chi connectivity index (χ2n) is 2.13. The van der Waals surface area contributed by atoms with E-state index >= 15 is 0 Å². The molecule has 0 fully saturated rings. The molecular weight excluding hydrogens is 180 g/mol. The Balaban J connectivity index is 3.33. The van der Waals surface area contributed by atoms with Gasteiger partial charge < -0.3 is 9.84 Å². The Labute approximate surface area is 74.5 Å².